The van der Waals surface area contributed by atoms with Gasteiger partial charge in [0.05, 0.1) is 10.4 Å². The maximum absolute atomic E-state index is 12.6. The minimum atomic E-state index is -3.42. The summed E-state index contributed by atoms with van der Waals surface area (Å²) in [6.45, 7) is 2.55. The predicted molar refractivity (Wildman–Crippen MR) is 78.7 cm³/mol. The first-order chi connectivity index (χ1) is 9.48. The van der Waals surface area contributed by atoms with Crippen LogP contribution < -0.4 is 5.73 Å². The van der Waals surface area contributed by atoms with Gasteiger partial charge < -0.3 is 5.73 Å². The third-order valence-corrected chi connectivity index (χ3v) is 5.79. The molecule has 1 aromatic heterocycles. The summed E-state index contributed by atoms with van der Waals surface area (Å²) in [6.07, 6.45) is 1.84. The van der Waals surface area contributed by atoms with E-state index in [9.17, 15) is 8.42 Å². The molecule has 1 aliphatic heterocycles. The Morgan fingerprint density at radius 3 is 2.80 bits per heavy atom. The zero-order valence-corrected chi connectivity index (χ0v) is 12.1. The molecule has 0 saturated carbocycles. The Bertz CT molecular complexity index is 758. The Morgan fingerprint density at radius 2 is 2.10 bits per heavy atom. The van der Waals surface area contributed by atoms with Crippen LogP contribution in [0.4, 0.5) is 5.82 Å². The van der Waals surface area contributed by atoms with Crippen molar-refractivity contribution in [1.82, 2.24) is 9.29 Å². The summed E-state index contributed by atoms with van der Waals surface area (Å²) in [5, 5.41) is 0.784. The van der Waals surface area contributed by atoms with Crippen LogP contribution in [0.5, 0.6) is 0 Å². The summed E-state index contributed by atoms with van der Waals surface area (Å²) in [4.78, 5) is 4.51. The molecule has 3 rings (SSSR count). The van der Waals surface area contributed by atoms with Gasteiger partial charge in [0.15, 0.2) is 0 Å². The third-order valence-electron chi connectivity index (χ3n) is 3.78. The summed E-state index contributed by atoms with van der Waals surface area (Å²) >= 11 is 0. The second kappa shape index (κ2) is 4.71. The smallest absolute Gasteiger partial charge is 0.243 e. The average Bonchev–Trinajstić information content (AvgIpc) is 2.85. The molecule has 1 fully saturated rings. The molecule has 106 valence electrons. The highest BCUT2D eigenvalue weighted by Crippen LogP contribution is 2.27. The van der Waals surface area contributed by atoms with Crippen LogP contribution in [0.1, 0.15) is 19.8 Å². The molecule has 2 heterocycles. The van der Waals surface area contributed by atoms with Crippen molar-refractivity contribution in [2.75, 3.05) is 12.3 Å². The van der Waals surface area contributed by atoms with Crippen LogP contribution in [0.3, 0.4) is 0 Å². The van der Waals surface area contributed by atoms with E-state index in [1.54, 1.807) is 34.6 Å². The molecular weight excluding hydrogens is 274 g/mol. The first kappa shape index (κ1) is 13.3. The quantitative estimate of drug-likeness (QED) is 0.918. The van der Waals surface area contributed by atoms with E-state index in [2.05, 4.69) is 4.98 Å². The molecule has 0 spiro atoms. The number of hydrogen-bond acceptors (Lipinski definition) is 4. The van der Waals surface area contributed by atoms with Gasteiger partial charge in [0, 0.05) is 18.0 Å². The fourth-order valence-electron chi connectivity index (χ4n) is 2.68. The largest absolute Gasteiger partial charge is 0.384 e. The van der Waals surface area contributed by atoms with Crippen LogP contribution in [0.2, 0.25) is 0 Å². The summed E-state index contributed by atoms with van der Waals surface area (Å²) in [7, 11) is -3.42. The zero-order chi connectivity index (χ0) is 14.3. The van der Waals surface area contributed by atoms with Gasteiger partial charge in [-0.2, -0.15) is 4.31 Å². The van der Waals surface area contributed by atoms with Crippen LogP contribution in [-0.4, -0.2) is 30.3 Å². The highest BCUT2D eigenvalue weighted by Gasteiger charge is 2.32. The second-order valence-electron chi connectivity index (χ2n) is 5.20. The first-order valence-corrected chi connectivity index (χ1v) is 8.10. The molecule has 6 heteroatoms. The predicted octanol–water partition coefficient (Wildman–Crippen LogP) is 1.99. The third kappa shape index (κ3) is 2.14. The highest BCUT2D eigenvalue weighted by atomic mass is 32.2. The summed E-state index contributed by atoms with van der Waals surface area (Å²) in [6, 6.07) is 8.53. The van der Waals surface area contributed by atoms with Crippen molar-refractivity contribution in [3.05, 3.63) is 30.3 Å². The molecule has 2 aromatic rings. The molecule has 2 N–H and O–H groups in total. The molecule has 1 aromatic carbocycles. The Hall–Kier alpha value is -1.66. The fourth-order valence-corrected chi connectivity index (χ4v) is 4.41. The van der Waals surface area contributed by atoms with Gasteiger partial charge in [-0.1, -0.05) is 0 Å². The van der Waals surface area contributed by atoms with Crippen LogP contribution in [0.25, 0.3) is 10.9 Å². The van der Waals surface area contributed by atoms with Gasteiger partial charge in [-0.15, -0.1) is 0 Å². The number of pyridine rings is 1. The minimum absolute atomic E-state index is 0.0697. The van der Waals surface area contributed by atoms with E-state index in [0.29, 0.717) is 22.8 Å². The van der Waals surface area contributed by atoms with Crippen molar-refractivity contribution < 1.29 is 8.42 Å². The Kier molecular flexibility index (Phi) is 3.14. The number of hydrogen-bond donors (Lipinski definition) is 1. The van der Waals surface area contributed by atoms with Gasteiger partial charge in [-0.25, -0.2) is 13.4 Å². The molecule has 0 aliphatic carbocycles. The number of nitrogens with two attached hydrogens (primary N) is 1. The second-order valence-corrected chi connectivity index (χ2v) is 7.09. The number of nitrogen functional groups attached to an aromatic ring is 1. The van der Waals surface area contributed by atoms with Crippen molar-refractivity contribution in [3.63, 3.8) is 0 Å². The van der Waals surface area contributed by atoms with Crippen LogP contribution in [0.15, 0.2) is 35.2 Å². The van der Waals surface area contributed by atoms with E-state index < -0.39 is 10.0 Å². The summed E-state index contributed by atoms with van der Waals surface area (Å²) < 4.78 is 26.9. The maximum Gasteiger partial charge on any atom is 0.243 e. The molecule has 1 unspecified atom stereocenters. The van der Waals surface area contributed by atoms with Crippen molar-refractivity contribution in [3.8, 4) is 0 Å². The van der Waals surface area contributed by atoms with E-state index in [1.165, 1.54) is 0 Å². The lowest BCUT2D eigenvalue weighted by Crippen LogP contribution is -2.33. The highest BCUT2D eigenvalue weighted by molar-refractivity contribution is 7.89. The summed E-state index contributed by atoms with van der Waals surface area (Å²) in [5.74, 6) is 0.432. The standard InChI is InChI=1S/C14H17N3O2S/c1-10-3-2-8-17(10)20(18,19)12-5-6-13-11(9-12)4-7-14(15)16-13/h4-7,9-10H,2-3,8H2,1H3,(H2,15,16). The molecule has 20 heavy (non-hydrogen) atoms. The van der Waals surface area contributed by atoms with Crippen molar-refractivity contribution in [1.29, 1.82) is 0 Å². The van der Waals surface area contributed by atoms with Crippen LogP contribution in [-0.2, 0) is 10.0 Å². The Morgan fingerprint density at radius 1 is 1.30 bits per heavy atom. The van der Waals surface area contributed by atoms with Gasteiger partial charge in [0.25, 0.3) is 0 Å². The lowest BCUT2D eigenvalue weighted by molar-refractivity contribution is 0.408. The molecule has 1 aliphatic rings. The zero-order valence-electron chi connectivity index (χ0n) is 11.3. The van der Waals surface area contributed by atoms with Gasteiger partial charge in [-0.05, 0) is 50.1 Å². The van der Waals surface area contributed by atoms with Crippen LogP contribution >= 0.6 is 0 Å². The van der Waals surface area contributed by atoms with Crippen molar-refractivity contribution >= 4 is 26.7 Å². The van der Waals surface area contributed by atoms with Gasteiger partial charge >= 0.3 is 0 Å². The monoisotopic (exact) mass is 291 g/mol. The minimum Gasteiger partial charge on any atom is -0.384 e. The first-order valence-electron chi connectivity index (χ1n) is 6.66. The van der Waals surface area contributed by atoms with Gasteiger partial charge in [-0.3, -0.25) is 0 Å². The maximum atomic E-state index is 12.6. The van der Waals surface area contributed by atoms with E-state index in [4.69, 9.17) is 5.73 Å². The molecule has 0 bridgehead atoms. The van der Waals surface area contributed by atoms with Gasteiger partial charge in [0.2, 0.25) is 10.0 Å². The lowest BCUT2D eigenvalue weighted by Gasteiger charge is -2.21. The fraction of sp³-hybridized carbons (Fsp3) is 0.357. The number of fused-ring (bicyclic) bond motifs is 1. The Labute approximate surface area is 118 Å². The molecule has 1 atom stereocenters. The topological polar surface area (TPSA) is 76.3 Å². The van der Waals surface area contributed by atoms with Crippen molar-refractivity contribution in [2.24, 2.45) is 0 Å². The number of anilines is 1. The molecule has 0 amide bonds. The summed E-state index contributed by atoms with van der Waals surface area (Å²) in [5.41, 5.74) is 6.33. The normalized spacial score (nSPS) is 20.6. The molecule has 5 nitrogen and oxygen atoms in total. The number of nitrogens with zero attached hydrogens (tertiary/aromatic N) is 2. The molecular formula is C14H17N3O2S. The Balaban J connectivity index is 2.07. The SMILES string of the molecule is CC1CCCN1S(=O)(=O)c1ccc2nc(N)ccc2c1. The number of benzene rings is 1. The van der Waals surface area contributed by atoms with E-state index in [1.807, 2.05) is 6.92 Å². The average molecular weight is 291 g/mol. The number of aromatic nitrogens is 1. The number of rotatable bonds is 2. The van der Waals surface area contributed by atoms with E-state index in [0.717, 1.165) is 18.2 Å². The van der Waals surface area contributed by atoms with Crippen molar-refractivity contribution in [2.45, 2.75) is 30.7 Å². The molecule has 0 radical (unpaired) electrons. The number of sulfonamides is 1. The van der Waals surface area contributed by atoms with Crippen LogP contribution in [0, 0.1) is 0 Å². The van der Waals surface area contributed by atoms with E-state index in [-0.39, 0.29) is 6.04 Å². The van der Waals surface area contributed by atoms with Gasteiger partial charge in [0.1, 0.15) is 5.82 Å². The van der Waals surface area contributed by atoms with E-state index >= 15 is 0 Å². The lowest BCUT2D eigenvalue weighted by atomic mass is 10.2. The molecule has 1 saturated heterocycles.